The second-order valence-corrected chi connectivity index (χ2v) is 4.83. The summed E-state index contributed by atoms with van der Waals surface area (Å²) in [6.07, 6.45) is 1.45. The largest absolute Gasteiger partial charge is 0.462 e. The number of isocyanates is 1. The zero-order valence-corrected chi connectivity index (χ0v) is 11.0. The molecule has 1 aromatic carbocycles. The van der Waals surface area contributed by atoms with Gasteiger partial charge in [0, 0.05) is 15.1 Å². The molecule has 0 aliphatic rings. The number of ether oxygens (including phenoxy) is 1. The first-order chi connectivity index (χ1) is 8.67. The molecule has 0 radical (unpaired) electrons. The molecule has 0 saturated carbocycles. The lowest BCUT2D eigenvalue weighted by atomic mass is 10.2. The number of rotatable bonds is 3. The average Bonchev–Trinajstić information content (AvgIpc) is 2.69. The van der Waals surface area contributed by atoms with Crippen LogP contribution in [0.1, 0.15) is 16.6 Å². The van der Waals surface area contributed by atoms with Crippen molar-refractivity contribution in [2.24, 2.45) is 4.99 Å². The van der Waals surface area contributed by atoms with Crippen molar-refractivity contribution >= 4 is 50.8 Å². The van der Waals surface area contributed by atoms with Gasteiger partial charge in [0.1, 0.15) is 10.6 Å². The average molecular weight is 282 g/mol. The Morgan fingerprint density at radius 3 is 3.00 bits per heavy atom. The summed E-state index contributed by atoms with van der Waals surface area (Å²) in [5.74, 6) is -0.496. The molecular formula is C12H8ClNO3S. The Balaban J connectivity index is 2.69. The third-order valence-electron chi connectivity index (χ3n) is 2.24. The lowest BCUT2D eigenvalue weighted by Crippen LogP contribution is -2.02. The van der Waals surface area contributed by atoms with Crippen molar-refractivity contribution in [2.75, 3.05) is 6.61 Å². The molecule has 1 aromatic heterocycles. The zero-order chi connectivity index (χ0) is 13.1. The Morgan fingerprint density at radius 1 is 1.56 bits per heavy atom. The Kier molecular flexibility index (Phi) is 3.77. The van der Waals surface area contributed by atoms with Crippen molar-refractivity contribution in [3.63, 3.8) is 0 Å². The lowest BCUT2D eigenvalue weighted by molar-refractivity contribution is 0.0533. The highest BCUT2D eigenvalue weighted by molar-refractivity contribution is 7.21. The molecule has 2 aromatic rings. The van der Waals surface area contributed by atoms with Crippen LogP contribution in [0.15, 0.2) is 23.2 Å². The minimum atomic E-state index is -0.496. The van der Waals surface area contributed by atoms with Crippen LogP contribution >= 0.6 is 22.9 Å². The number of carbonyl (C=O) groups excluding carboxylic acids is 2. The second-order valence-electron chi connectivity index (χ2n) is 3.34. The van der Waals surface area contributed by atoms with Gasteiger partial charge in [0.25, 0.3) is 0 Å². The topological polar surface area (TPSA) is 55.7 Å². The number of aliphatic imine (C=N–C) groups is 1. The van der Waals surface area contributed by atoms with E-state index in [-0.39, 0.29) is 17.2 Å². The number of halogens is 1. The van der Waals surface area contributed by atoms with Crippen molar-refractivity contribution in [2.45, 2.75) is 6.92 Å². The van der Waals surface area contributed by atoms with Gasteiger partial charge in [-0.3, -0.25) is 0 Å². The SMILES string of the molecule is CCOC(=O)c1sc2ccc(Cl)cc2c1N=C=O. The first-order valence-corrected chi connectivity index (χ1v) is 6.34. The van der Waals surface area contributed by atoms with Gasteiger partial charge in [-0.05, 0) is 25.1 Å². The number of hydrogen-bond acceptors (Lipinski definition) is 5. The van der Waals surface area contributed by atoms with E-state index in [2.05, 4.69) is 4.99 Å². The van der Waals surface area contributed by atoms with Crippen LogP contribution in [-0.4, -0.2) is 18.7 Å². The number of nitrogens with zero attached hydrogens (tertiary/aromatic N) is 1. The summed E-state index contributed by atoms with van der Waals surface area (Å²) in [7, 11) is 0. The Bertz CT molecular complexity index is 659. The molecule has 0 fully saturated rings. The van der Waals surface area contributed by atoms with E-state index in [9.17, 15) is 9.59 Å². The van der Waals surface area contributed by atoms with E-state index in [0.29, 0.717) is 10.4 Å². The molecule has 4 nitrogen and oxygen atoms in total. The van der Waals surface area contributed by atoms with Gasteiger partial charge in [-0.1, -0.05) is 11.6 Å². The number of fused-ring (bicyclic) bond motifs is 1. The molecule has 0 unspecified atom stereocenters. The molecule has 0 spiro atoms. The monoisotopic (exact) mass is 281 g/mol. The summed E-state index contributed by atoms with van der Waals surface area (Å²) in [5, 5.41) is 1.16. The van der Waals surface area contributed by atoms with E-state index < -0.39 is 5.97 Å². The van der Waals surface area contributed by atoms with Gasteiger partial charge in [-0.2, -0.15) is 4.99 Å². The molecule has 0 aliphatic carbocycles. The van der Waals surface area contributed by atoms with Gasteiger partial charge in [-0.25, -0.2) is 9.59 Å². The van der Waals surface area contributed by atoms with Gasteiger partial charge in [0.2, 0.25) is 6.08 Å². The Morgan fingerprint density at radius 2 is 2.33 bits per heavy atom. The van der Waals surface area contributed by atoms with Gasteiger partial charge in [0.15, 0.2) is 0 Å². The molecule has 0 aliphatic heterocycles. The third-order valence-corrected chi connectivity index (χ3v) is 3.62. The molecular weight excluding hydrogens is 274 g/mol. The maximum atomic E-state index is 11.8. The van der Waals surface area contributed by atoms with Crippen molar-refractivity contribution in [3.8, 4) is 0 Å². The summed E-state index contributed by atoms with van der Waals surface area (Å²) < 4.78 is 5.74. The van der Waals surface area contributed by atoms with Crippen LogP contribution in [0.3, 0.4) is 0 Å². The molecule has 1 heterocycles. The maximum Gasteiger partial charge on any atom is 0.350 e. The number of esters is 1. The van der Waals surface area contributed by atoms with Crippen molar-refractivity contribution in [1.29, 1.82) is 0 Å². The maximum absolute atomic E-state index is 11.8. The third kappa shape index (κ3) is 2.29. The van der Waals surface area contributed by atoms with E-state index >= 15 is 0 Å². The highest BCUT2D eigenvalue weighted by Gasteiger charge is 2.19. The molecule has 0 bridgehead atoms. The highest BCUT2D eigenvalue weighted by atomic mass is 35.5. The lowest BCUT2D eigenvalue weighted by Gasteiger charge is -1.98. The van der Waals surface area contributed by atoms with Crippen molar-refractivity contribution in [1.82, 2.24) is 0 Å². The van der Waals surface area contributed by atoms with E-state index in [1.807, 2.05) is 0 Å². The molecule has 0 N–H and O–H groups in total. The summed E-state index contributed by atoms with van der Waals surface area (Å²) in [6.45, 7) is 1.98. The van der Waals surface area contributed by atoms with E-state index in [1.54, 1.807) is 25.1 Å². The van der Waals surface area contributed by atoms with Crippen LogP contribution in [0.4, 0.5) is 5.69 Å². The minimum absolute atomic E-state index is 0.262. The van der Waals surface area contributed by atoms with Crippen LogP contribution in [0.25, 0.3) is 10.1 Å². The fraction of sp³-hybridized carbons (Fsp3) is 0.167. The molecule has 92 valence electrons. The molecule has 0 saturated heterocycles. The molecule has 6 heteroatoms. The van der Waals surface area contributed by atoms with Gasteiger partial charge in [0.05, 0.1) is 6.61 Å². The first-order valence-electron chi connectivity index (χ1n) is 5.14. The van der Waals surface area contributed by atoms with Crippen molar-refractivity contribution < 1.29 is 14.3 Å². The number of carbonyl (C=O) groups is 1. The summed E-state index contributed by atoms with van der Waals surface area (Å²) in [6, 6.07) is 5.14. The van der Waals surface area contributed by atoms with Crippen LogP contribution in [-0.2, 0) is 9.53 Å². The minimum Gasteiger partial charge on any atom is -0.462 e. The first kappa shape index (κ1) is 12.8. The van der Waals surface area contributed by atoms with Gasteiger partial charge in [-0.15, -0.1) is 11.3 Å². The van der Waals surface area contributed by atoms with Crippen LogP contribution < -0.4 is 0 Å². The number of benzene rings is 1. The van der Waals surface area contributed by atoms with Gasteiger partial charge >= 0.3 is 5.97 Å². The summed E-state index contributed by atoms with van der Waals surface area (Å²) >= 11 is 7.10. The fourth-order valence-corrected chi connectivity index (χ4v) is 2.74. The molecule has 0 amide bonds. The smallest absolute Gasteiger partial charge is 0.350 e. The molecule has 18 heavy (non-hydrogen) atoms. The molecule has 0 atom stereocenters. The normalized spacial score (nSPS) is 10.1. The Labute approximate surface area is 112 Å². The van der Waals surface area contributed by atoms with E-state index in [4.69, 9.17) is 16.3 Å². The van der Waals surface area contributed by atoms with E-state index in [1.165, 1.54) is 17.4 Å². The van der Waals surface area contributed by atoms with Crippen LogP contribution in [0.2, 0.25) is 5.02 Å². The predicted molar refractivity (Wildman–Crippen MR) is 70.6 cm³/mol. The fourth-order valence-electron chi connectivity index (χ4n) is 1.55. The summed E-state index contributed by atoms with van der Waals surface area (Å²) in [4.78, 5) is 26.1. The standard InChI is InChI=1S/C12H8ClNO3S/c1-2-17-12(16)11-10(14-6-15)8-5-7(13)3-4-9(8)18-11/h3-5H,2H2,1H3. The number of thiophene rings is 1. The van der Waals surface area contributed by atoms with Crippen LogP contribution in [0, 0.1) is 0 Å². The quantitative estimate of drug-likeness (QED) is 0.490. The second kappa shape index (κ2) is 5.31. The number of hydrogen-bond donors (Lipinski definition) is 0. The zero-order valence-electron chi connectivity index (χ0n) is 9.40. The molecule has 2 rings (SSSR count). The predicted octanol–water partition coefficient (Wildman–Crippen LogP) is 3.70. The van der Waals surface area contributed by atoms with E-state index in [0.717, 1.165) is 4.70 Å². The van der Waals surface area contributed by atoms with Crippen molar-refractivity contribution in [3.05, 3.63) is 28.1 Å². The van der Waals surface area contributed by atoms with Crippen LogP contribution in [0.5, 0.6) is 0 Å². The highest BCUT2D eigenvalue weighted by Crippen LogP contribution is 2.39. The van der Waals surface area contributed by atoms with Gasteiger partial charge < -0.3 is 4.74 Å². The summed E-state index contributed by atoms with van der Waals surface area (Å²) in [5.41, 5.74) is 0.269. The Hall–Kier alpha value is -1.68.